The number of methoxy groups -OCH3 is 2. The molecule has 22 heavy (non-hydrogen) atoms. The summed E-state index contributed by atoms with van der Waals surface area (Å²) in [6.07, 6.45) is 4.05. The van der Waals surface area contributed by atoms with Crippen LogP contribution in [0.1, 0.15) is 5.56 Å². The smallest absolute Gasteiger partial charge is 0.183 e. The van der Waals surface area contributed by atoms with E-state index in [1.165, 1.54) is 20.4 Å². The van der Waals surface area contributed by atoms with Gasteiger partial charge in [-0.3, -0.25) is 0 Å². The van der Waals surface area contributed by atoms with Crippen molar-refractivity contribution in [2.75, 3.05) is 14.2 Å². The Morgan fingerprint density at radius 2 is 2.05 bits per heavy atom. The van der Waals surface area contributed by atoms with Crippen LogP contribution in [-0.2, 0) is 20.8 Å². The summed E-state index contributed by atoms with van der Waals surface area (Å²) < 4.78 is 11.2. The van der Waals surface area contributed by atoms with Crippen molar-refractivity contribution >= 4 is 12.2 Å². The van der Waals surface area contributed by atoms with Crippen LogP contribution in [0, 0.1) is 5.21 Å². The predicted octanol–water partition coefficient (Wildman–Crippen LogP) is 2.01. The fourth-order valence-corrected chi connectivity index (χ4v) is 2.18. The molecular formula is C17H17NO4. The molecule has 0 fully saturated rings. The van der Waals surface area contributed by atoms with E-state index in [9.17, 15) is 10.0 Å². The maximum Gasteiger partial charge on any atom is 0.183 e. The lowest BCUT2D eigenvalue weighted by Gasteiger charge is -2.18. The Kier molecular flexibility index (Phi) is 5.31. The number of carbonyl (C=O) groups excluding carboxylic acids is 1. The van der Waals surface area contributed by atoms with Gasteiger partial charge in [-0.2, -0.15) is 0 Å². The zero-order valence-electron chi connectivity index (χ0n) is 12.5. The molecule has 1 aromatic carbocycles. The van der Waals surface area contributed by atoms with Crippen LogP contribution in [0.3, 0.4) is 0 Å². The molecule has 0 radical (unpaired) electrons. The third-order valence-corrected chi connectivity index (χ3v) is 3.27. The molecule has 0 heterocycles. The summed E-state index contributed by atoms with van der Waals surface area (Å²) in [6.45, 7) is 0.188. The van der Waals surface area contributed by atoms with Gasteiger partial charge in [-0.15, -0.1) is 0 Å². The molecule has 0 aliphatic heterocycles. The summed E-state index contributed by atoms with van der Waals surface area (Å²) in [5.41, 5.74) is 1.59. The lowest BCUT2D eigenvalue weighted by Crippen LogP contribution is -2.20. The Morgan fingerprint density at radius 1 is 1.32 bits per heavy atom. The van der Waals surface area contributed by atoms with Crippen molar-refractivity contribution in [2.24, 2.45) is 0 Å². The molecule has 5 nitrogen and oxygen atoms in total. The third-order valence-electron chi connectivity index (χ3n) is 3.27. The Morgan fingerprint density at radius 3 is 2.64 bits per heavy atom. The van der Waals surface area contributed by atoms with Gasteiger partial charge in [0, 0.05) is 12.7 Å². The number of rotatable bonds is 5. The van der Waals surface area contributed by atoms with Gasteiger partial charge in [0.15, 0.2) is 12.8 Å². The summed E-state index contributed by atoms with van der Waals surface area (Å²) in [4.78, 5) is 11.2. The van der Waals surface area contributed by atoms with Gasteiger partial charge in [-0.05, 0) is 12.2 Å². The maximum atomic E-state index is 12.1. The van der Waals surface area contributed by atoms with Crippen LogP contribution < -0.4 is 0 Å². The molecule has 5 heteroatoms. The summed E-state index contributed by atoms with van der Waals surface area (Å²) in [7, 11) is 2.99. The molecule has 0 saturated heterocycles. The molecule has 2 rings (SSSR count). The number of benzene rings is 1. The van der Waals surface area contributed by atoms with E-state index in [0.717, 1.165) is 10.3 Å². The van der Waals surface area contributed by atoms with Gasteiger partial charge in [0.2, 0.25) is 0 Å². The van der Waals surface area contributed by atoms with E-state index < -0.39 is 6.10 Å². The number of hydrogen-bond acceptors (Lipinski definition) is 4. The summed E-state index contributed by atoms with van der Waals surface area (Å²) in [6, 6.07) is 9.35. The summed E-state index contributed by atoms with van der Waals surface area (Å²) >= 11 is 0. The topological polar surface area (TPSA) is 61.6 Å². The molecule has 114 valence electrons. The molecule has 1 aliphatic carbocycles. The number of nitrogens with zero attached hydrogens (tertiary/aromatic N) is 1. The SMILES string of the molecule is COC1=CC(OC)C(=C=O)C(C=[N+]([O-])Cc2ccccc2)=C1. The van der Waals surface area contributed by atoms with Gasteiger partial charge in [-0.1, -0.05) is 30.3 Å². The molecule has 0 saturated carbocycles. The van der Waals surface area contributed by atoms with E-state index in [0.29, 0.717) is 11.3 Å². The molecule has 0 bridgehead atoms. The fraction of sp³-hybridized carbons (Fsp3) is 0.235. The molecule has 0 spiro atoms. The van der Waals surface area contributed by atoms with Gasteiger partial charge >= 0.3 is 0 Å². The van der Waals surface area contributed by atoms with Crippen LogP contribution in [-0.4, -0.2) is 37.2 Å². The molecule has 0 N–H and O–H groups in total. The Hall–Kier alpha value is -2.62. The number of hydroxylamine groups is 1. The van der Waals surface area contributed by atoms with Gasteiger partial charge in [-0.25, -0.2) is 9.53 Å². The lowest BCUT2D eigenvalue weighted by atomic mass is 9.96. The highest BCUT2D eigenvalue weighted by atomic mass is 16.5. The molecule has 0 aromatic heterocycles. The third kappa shape index (κ3) is 3.73. The van der Waals surface area contributed by atoms with Gasteiger partial charge in [0.1, 0.15) is 17.8 Å². The second-order valence-electron chi connectivity index (χ2n) is 4.73. The quantitative estimate of drug-likeness (QED) is 0.274. The Labute approximate surface area is 129 Å². The van der Waals surface area contributed by atoms with Crippen LogP contribution in [0.4, 0.5) is 0 Å². The average molecular weight is 299 g/mol. The Bertz CT molecular complexity index is 667. The molecule has 1 aromatic rings. The minimum Gasteiger partial charge on any atom is -0.624 e. The normalized spacial score (nSPS) is 18.4. The fourth-order valence-electron chi connectivity index (χ4n) is 2.18. The van der Waals surface area contributed by atoms with Crippen molar-refractivity contribution in [3.8, 4) is 0 Å². The van der Waals surface area contributed by atoms with E-state index in [1.54, 1.807) is 12.2 Å². The van der Waals surface area contributed by atoms with Crippen molar-refractivity contribution in [2.45, 2.75) is 12.6 Å². The van der Waals surface area contributed by atoms with Crippen molar-refractivity contribution < 1.29 is 19.0 Å². The van der Waals surface area contributed by atoms with Crippen molar-refractivity contribution in [1.29, 1.82) is 0 Å². The average Bonchev–Trinajstić information content (AvgIpc) is 2.54. The Balaban J connectivity index is 2.28. The van der Waals surface area contributed by atoms with Gasteiger partial charge < -0.3 is 14.7 Å². The summed E-state index contributed by atoms with van der Waals surface area (Å²) in [5, 5.41) is 12.1. The molecule has 1 atom stereocenters. The molecule has 1 aliphatic rings. The lowest BCUT2D eigenvalue weighted by molar-refractivity contribution is -0.469. The minimum absolute atomic E-state index is 0.188. The van der Waals surface area contributed by atoms with E-state index >= 15 is 0 Å². The van der Waals surface area contributed by atoms with Crippen LogP contribution in [0.25, 0.3) is 0 Å². The van der Waals surface area contributed by atoms with Gasteiger partial charge in [0.25, 0.3) is 0 Å². The first-order valence-electron chi connectivity index (χ1n) is 6.76. The minimum atomic E-state index is -0.575. The molecule has 0 amide bonds. The zero-order valence-corrected chi connectivity index (χ0v) is 12.5. The first-order valence-corrected chi connectivity index (χ1v) is 6.76. The second-order valence-corrected chi connectivity index (χ2v) is 4.73. The predicted molar refractivity (Wildman–Crippen MR) is 83.0 cm³/mol. The van der Waals surface area contributed by atoms with E-state index in [1.807, 2.05) is 36.3 Å². The van der Waals surface area contributed by atoms with E-state index in [-0.39, 0.29) is 12.1 Å². The van der Waals surface area contributed by atoms with E-state index in [4.69, 9.17) is 9.47 Å². The van der Waals surface area contributed by atoms with Crippen LogP contribution in [0.2, 0.25) is 0 Å². The van der Waals surface area contributed by atoms with Gasteiger partial charge in [0.05, 0.1) is 18.3 Å². The molecular weight excluding hydrogens is 282 g/mol. The second kappa shape index (κ2) is 7.41. The first-order chi connectivity index (χ1) is 10.7. The van der Waals surface area contributed by atoms with Crippen LogP contribution in [0.5, 0.6) is 0 Å². The van der Waals surface area contributed by atoms with Crippen molar-refractivity contribution in [3.63, 3.8) is 0 Å². The molecule has 1 unspecified atom stereocenters. The summed E-state index contributed by atoms with van der Waals surface area (Å²) in [5.74, 6) is 2.38. The highest BCUT2D eigenvalue weighted by molar-refractivity contribution is 5.89. The highest BCUT2D eigenvalue weighted by Gasteiger charge is 2.24. The monoisotopic (exact) mass is 299 g/mol. The number of hydrogen-bond donors (Lipinski definition) is 0. The van der Waals surface area contributed by atoms with Crippen molar-refractivity contribution in [1.82, 2.24) is 0 Å². The van der Waals surface area contributed by atoms with E-state index in [2.05, 4.69) is 0 Å². The number of ether oxygens (including phenoxy) is 2. The van der Waals surface area contributed by atoms with Crippen LogP contribution >= 0.6 is 0 Å². The van der Waals surface area contributed by atoms with Crippen molar-refractivity contribution in [3.05, 3.63) is 70.2 Å². The zero-order chi connectivity index (χ0) is 15.9. The highest BCUT2D eigenvalue weighted by Crippen LogP contribution is 2.23. The largest absolute Gasteiger partial charge is 0.624 e. The first kappa shape index (κ1) is 15.8. The standard InChI is InChI=1S/C17H17NO4/c1-21-15-8-14(16(12-19)17(9-15)22-2)11-18(20)10-13-6-4-3-5-7-13/h3-9,11,17H,10H2,1-2H3. The number of allylic oxidation sites excluding steroid dienone is 1. The van der Waals surface area contributed by atoms with Crippen LogP contribution in [0.15, 0.2) is 59.4 Å². The maximum absolute atomic E-state index is 12.1.